The molecule has 0 aromatic rings. The maximum atomic E-state index is 11.7. The molecule has 0 saturated carbocycles. The van der Waals surface area contributed by atoms with Crippen molar-refractivity contribution < 1.29 is 13.2 Å². The minimum absolute atomic E-state index is 0.0919. The lowest BCUT2D eigenvalue weighted by Crippen LogP contribution is -2.39. The number of hydrogen-bond acceptors (Lipinski definition) is 3. The summed E-state index contributed by atoms with van der Waals surface area (Å²) in [4.78, 5) is 13.4. The number of carbonyl (C=O) groups is 1. The Kier molecular flexibility index (Phi) is 4.53. The molecule has 0 fully saturated rings. The summed E-state index contributed by atoms with van der Waals surface area (Å²) >= 11 is 0. The predicted molar refractivity (Wildman–Crippen MR) is 63.9 cm³/mol. The fourth-order valence-electron chi connectivity index (χ4n) is 1.83. The molecule has 0 aliphatic carbocycles. The number of unbranched alkanes of at least 4 members (excludes halogenated alkanes) is 1. The largest absolute Gasteiger partial charge is 0.332 e. The molecule has 0 aromatic heterocycles. The number of nitrogens with zero attached hydrogens (tertiary/aromatic N) is 1. The normalized spacial score (nSPS) is 20.4. The van der Waals surface area contributed by atoms with Crippen molar-refractivity contribution in [2.75, 3.05) is 18.6 Å². The van der Waals surface area contributed by atoms with Crippen molar-refractivity contribution in [3.63, 3.8) is 0 Å². The Bertz CT molecular complexity index is 373. The fourth-order valence-corrected chi connectivity index (χ4v) is 2.44. The zero-order valence-corrected chi connectivity index (χ0v) is 10.7. The van der Waals surface area contributed by atoms with Gasteiger partial charge in [0.15, 0.2) is 9.84 Å². The van der Waals surface area contributed by atoms with Crippen molar-refractivity contribution in [1.82, 2.24) is 4.90 Å². The SMILES string of the molecule is CCCCC1C=CCN1C(=O)CS(C)(=O)=O. The van der Waals surface area contributed by atoms with Gasteiger partial charge in [-0.1, -0.05) is 31.9 Å². The van der Waals surface area contributed by atoms with Crippen LogP contribution in [0.2, 0.25) is 0 Å². The number of rotatable bonds is 5. The number of sulfone groups is 1. The van der Waals surface area contributed by atoms with Crippen molar-refractivity contribution >= 4 is 15.7 Å². The summed E-state index contributed by atoms with van der Waals surface area (Å²) in [5, 5.41) is 0. The number of hydrogen-bond donors (Lipinski definition) is 0. The minimum atomic E-state index is -3.22. The first-order chi connectivity index (χ1) is 7.44. The van der Waals surface area contributed by atoms with Gasteiger partial charge in [0.05, 0.1) is 6.04 Å². The van der Waals surface area contributed by atoms with Crippen LogP contribution in [0.4, 0.5) is 0 Å². The Labute approximate surface area is 97.2 Å². The molecule has 4 nitrogen and oxygen atoms in total. The van der Waals surface area contributed by atoms with Crippen LogP contribution in [0, 0.1) is 0 Å². The first-order valence-electron chi connectivity index (χ1n) is 5.58. The molecule has 5 heteroatoms. The van der Waals surface area contributed by atoms with E-state index in [1.54, 1.807) is 4.90 Å². The van der Waals surface area contributed by atoms with Gasteiger partial charge in [0.1, 0.15) is 5.75 Å². The van der Waals surface area contributed by atoms with Crippen LogP contribution in [0.25, 0.3) is 0 Å². The second-order valence-corrected chi connectivity index (χ2v) is 6.39. The average Bonchev–Trinajstić information content (AvgIpc) is 2.59. The molecule has 1 aliphatic rings. The van der Waals surface area contributed by atoms with Crippen LogP contribution in [0.15, 0.2) is 12.2 Å². The maximum Gasteiger partial charge on any atom is 0.238 e. The summed E-state index contributed by atoms with van der Waals surface area (Å²) in [6.45, 7) is 2.64. The molecular weight excluding hydrogens is 226 g/mol. The quantitative estimate of drug-likeness (QED) is 0.679. The van der Waals surface area contributed by atoms with E-state index < -0.39 is 9.84 Å². The number of carbonyl (C=O) groups excluding carboxylic acids is 1. The molecule has 1 heterocycles. The summed E-state index contributed by atoms with van der Waals surface area (Å²) in [6, 6.07) is 0.0919. The molecule has 0 radical (unpaired) electrons. The van der Waals surface area contributed by atoms with E-state index in [0.717, 1.165) is 25.5 Å². The van der Waals surface area contributed by atoms with Gasteiger partial charge in [0.25, 0.3) is 0 Å². The first-order valence-corrected chi connectivity index (χ1v) is 7.64. The Morgan fingerprint density at radius 2 is 2.19 bits per heavy atom. The topological polar surface area (TPSA) is 54.5 Å². The molecule has 0 N–H and O–H groups in total. The van der Waals surface area contributed by atoms with E-state index in [1.807, 2.05) is 12.2 Å². The average molecular weight is 245 g/mol. The van der Waals surface area contributed by atoms with Gasteiger partial charge in [-0.15, -0.1) is 0 Å². The summed E-state index contributed by atoms with van der Waals surface area (Å²) in [5.74, 6) is -0.661. The first kappa shape index (κ1) is 13.2. The highest BCUT2D eigenvalue weighted by Gasteiger charge is 2.26. The molecule has 92 valence electrons. The standard InChI is InChI=1S/C11H19NO3S/c1-3-4-6-10-7-5-8-12(10)11(13)9-16(2,14)15/h5,7,10H,3-4,6,8-9H2,1-2H3. The van der Waals surface area contributed by atoms with Crippen LogP contribution in [0.5, 0.6) is 0 Å². The molecule has 16 heavy (non-hydrogen) atoms. The molecule has 1 aliphatic heterocycles. The molecule has 1 atom stereocenters. The Morgan fingerprint density at radius 3 is 2.75 bits per heavy atom. The minimum Gasteiger partial charge on any atom is -0.332 e. The van der Waals surface area contributed by atoms with Gasteiger partial charge in [0.2, 0.25) is 5.91 Å². The van der Waals surface area contributed by atoms with Crippen molar-refractivity contribution in [2.45, 2.75) is 32.2 Å². The van der Waals surface area contributed by atoms with Crippen molar-refractivity contribution in [1.29, 1.82) is 0 Å². The van der Waals surface area contributed by atoms with Crippen molar-refractivity contribution in [3.8, 4) is 0 Å². The third kappa shape index (κ3) is 3.96. The third-order valence-corrected chi connectivity index (χ3v) is 3.39. The Morgan fingerprint density at radius 1 is 1.50 bits per heavy atom. The van der Waals surface area contributed by atoms with E-state index in [9.17, 15) is 13.2 Å². The molecule has 0 bridgehead atoms. The lowest BCUT2D eigenvalue weighted by molar-refractivity contribution is -0.128. The smallest absolute Gasteiger partial charge is 0.238 e. The van der Waals surface area contributed by atoms with Crippen molar-refractivity contribution in [3.05, 3.63) is 12.2 Å². The van der Waals surface area contributed by atoms with E-state index in [-0.39, 0.29) is 17.7 Å². The van der Waals surface area contributed by atoms with Gasteiger partial charge >= 0.3 is 0 Å². The van der Waals surface area contributed by atoms with Crippen LogP contribution >= 0.6 is 0 Å². The Balaban J connectivity index is 2.56. The van der Waals surface area contributed by atoms with Gasteiger partial charge in [-0.2, -0.15) is 0 Å². The molecule has 1 rings (SSSR count). The van der Waals surface area contributed by atoms with Crippen LogP contribution in [0.3, 0.4) is 0 Å². The van der Waals surface area contributed by atoms with Gasteiger partial charge in [-0.3, -0.25) is 4.79 Å². The lowest BCUT2D eigenvalue weighted by atomic mass is 10.1. The van der Waals surface area contributed by atoms with Gasteiger partial charge < -0.3 is 4.90 Å². The van der Waals surface area contributed by atoms with Gasteiger partial charge in [-0.05, 0) is 6.42 Å². The Hall–Kier alpha value is -0.840. The predicted octanol–water partition coefficient (Wildman–Crippen LogP) is 0.988. The molecule has 0 aromatic carbocycles. The van der Waals surface area contributed by atoms with Crippen LogP contribution in [-0.2, 0) is 14.6 Å². The summed E-state index contributed by atoms with van der Waals surface area (Å²) in [6.07, 6.45) is 8.07. The van der Waals surface area contributed by atoms with E-state index in [4.69, 9.17) is 0 Å². The zero-order valence-electron chi connectivity index (χ0n) is 9.85. The highest BCUT2D eigenvalue weighted by atomic mass is 32.2. The van der Waals surface area contributed by atoms with Crippen LogP contribution in [-0.4, -0.2) is 43.8 Å². The summed E-state index contributed by atoms with van der Waals surface area (Å²) in [5.41, 5.74) is 0. The van der Waals surface area contributed by atoms with Gasteiger partial charge in [0, 0.05) is 12.8 Å². The molecule has 0 saturated heterocycles. The van der Waals surface area contributed by atoms with Crippen molar-refractivity contribution in [2.24, 2.45) is 0 Å². The highest BCUT2D eigenvalue weighted by molar-refractivity contribution is 7.91. The van der Waals surface area contributed by atoms with Crippen LogP contribution in [0.1, 0.15) is 26.2 Å². The molecule has 1 unspecified atom stereocenters. The van der Waals surface area contributed by atoms with E-state index >= 15 is 0 Å². The lowest BCUT2D eigenvalue weighted by Gasteiger charge is -2.24. The molecule has 1 amide bonds. The molecular formula is C11H19NO3S. The third-order valence-electron chi connectivity index (χ3n) is 2.62. The second kappa shape index (κ2) is 5.48. The fraction of sp³-hybridized carbons (Fsp3) is 0.727. The second-order valence-electron chi connectivity index (χ2n) is 4.25. The monoisotopic (exact) mass is 245 g/mol. The number of amides is 1. The van der Waals surface area contributed by atoms with Crippen LogP contribution < -0.4 is 0 Å². The summed E-state index contributed by atoms with van der Waals surface area (Å²) < 4.78 is 22.1. The highest BCUT2D eigenvalue weighted by Crippen LogP contribution is 2.16. The van der Waals surface area contributed by atoms with E-state index in [0.29, 0.717) is 6.54 Å². The van der Waals surface area contributed by atoms with E-state index in [2.05, 4.69) is 6.92 Å². The molecule has 0 spiro atoms. The maximum absolute atomic E-state index is 11.7. The van der Waals surface area contributed by atoms with E-state index in [1.165, 1.54) is 0 Å². The zero-order chi connectivity index (χ0) is 12.2. The van der Waals surface area contributed by atoms with Gasteiger partial charge in [-0.25, -0.2) is 8.42 Å². The summed E-state index contributed by atoms with van der Waals surface area (Å²) in [7, 11) is -3.22.